The molecule has 2 aromatic rings. The first-order valence-corrected chi connectivity index (χ1v) is 5.95. The topological polar surface area (TPSA) is 59.8 Å². The SMILES string of the molecule is Cc1ccc(F)c(C(=O)NCCc2ncn(C)n2)c1. The van der Waals surface area contributed by atoms with E-state index in [9.17, 15) is 9.18 Å². The molecule has 19 heavy (non-hydrogen) atoms. The average Bonchev–Trinajstić information content (AvgIpc) is 2.78. The summed E-state index contributed by atoms with van der Waals surface area (Å²) in [5, 5.41) is 6.75. The van der Waals surface area contributed by atoms with Gasteiger partial charge in [-0.3, -0.25) is 9.48 Å². The molecule has 0 radical (unpaired) electrons. The van der Waals surface area contributed by atoms with Crippen molar-refractivity contribution in [2.24, 2.45) is 7.05 Å². The summed E-state index contributed by atoms with van der Waals surface area (Å²) in [5.41, 5.74) is 0.909. The number of nitrogens with one attached hydrogen (secondary N) is 1. The van der Waals surface area contributed by atoms with Crippen LogP contribution in [0.5, 0.6) is 0 Å². The molecule has 2 rings (SSSR count). The highest BCUT2D eigenvalue weighted by Crippen LogP contribution is 2.09. The van der Waals surface area contributed by atoms with Crippen molar-refractivity contribution in [1.29, 1.82) is 0 Å². The van der Waals surface area contributed by atoms with Crippen LogP contribution in [0.25, 0.3) is 0 Å². The standard InChI is InChI=1S/C13H15FN4O/c1-9-3-4-11(14)10(7-9)13(19)15-6-5-12-16-8-18(2)17-12/h3-4,7-8H,5-6H2,1-2H3,(H,15,19). The van der Waals surface area contributed by atoms with Crippen LogP contribution in [0.1, 0.15) is 21.7 Å². The van der Waals surface area contributed by atoms with Crippen LogP contribution < -0.4 is 5.32 Å². The van der Waals surface area contributed by atoms with Crippen molar-refractivity contribution in [3.8, 4) is 0 Å². The molecule has 0 atom stereocenters. The summed E-state index contributed by atoms with van der Waals surface area (Å²) < 4.78 is 15.1. The van der Waals surface area contributed by atoms with Gasteiger partial charge in [0.05, 0.1) is 5.56 Å². The molecule has 0 aliphatic carbocycles. The number of carbonyl (C=O) groups excluding carboxylic acids is 1. The van der Waals surface area contributed by atoms with Gasteiger partial charge in [0.2, 0.25) is 0 Å². The lowest BCUT2D eigenvalue weighted by Crippen LogP contribution is -2.27. The summed E-state index contributed by atoms with van der Waals surface area (Å²) in [4.78, 5) is 15.9. The molecule has 5 nitrogen and oxygen atoms in total. The molecule has 0 aliphatic rings. The Kier molecular flexibility index (Phi) is 3.89. The average molecular weight is 262 g/mol. The Balaban J connectivity index is 1.92. The Hall–Kier alpha value is -2.24. The first-order chi connectivity index (χ1) is 9.06. The summed E-state index contributed by atoms with van der Waals surface area (Å²) in [7, 11) is 1.78. The third-order valence-corrected chi connectivity index (χ3v) is 2.65. The summed E-state index contributed by atoms with van der Waals surface area (Å²) >= 11 is 0. The lowest BCUT2D eigenvalue weighted by atomic mass is 10.1. The molecule has 1 aromatic heterocycles. The number of hydrogen-bond acceptors (Lipinski definition) is 3. The predicted molar refractivity (Wildman–Crippen MR) is 68.2 cm³/mol. The molecule has 0 fully saturated rings. The van der Waals surface area contributed by atoms with Crippen molar-refractivity contribution in [2.45, 2.75) is 13.3 Å². The Morgan fingerprint density at radius 2 is 2.26 bits per heavy atom. The molecule has 0 saturated carbocycles. The summed E-state index contributed by atoms with van der Waals surface area (Å²) in [6, 6.07) is 4.46. The Labute approximate surface area is 110 Å². The summed E-state index contributed by atoms with van der Waals surface area (Å²) in [6.07, 6.45) is 2.11. The molecule has 100 valence electrons. The molecule has 1 heterocycles. The third-order valence-electron chi connectivity index (χ3n) is 2.65. The van der Waals surface area contributed by atoms with Crippen molar-refractivity contribution in [2.75, 3.05) is 6.54 Å². The minimum absolute atomic E-state index is 0.0639. The second-order valence-electron chi connectivity index (χ2n) is 4.32. The van der Waals surface area contributed by atoms with Crippen LogP contribution in [0.2, 0.25) is 0 Å². The zero-order chi connectivity index (χ0) is 13.8. The highest BCUT2D eigenvalue weighted by Gasteiger charge is 2.11. The second-order valence-corrected chi connectivity index (χ2v) is 4.32. The number of carbonyl (C=O) groups is 1. The van der Waals surface area contributed by atoms with Crippen molar-refractivity contribution < 1.29 is 9.18 Å². The molecule has 1 N–H and O–H groups in total. The maximum atomic E-state index is 13.5. The van der Waals surface area contributed by atoms with E-state index in [0.717, 1.165) is 5.56 Å². The van der Waals surface area contributed by atoms with Gasteiger partial charge in [-0.25, -0.2) is 9.37 Å². The zero-order valence-electron chi connectivity index (χ0n) is 10.9. The Bertz CT molecular complexity index is 594. The second kappa shape index (κ2) is 5.60. The van der Waals surface area contributed by atoms with E-state index in [1.54, 1.807) is 24.1 Å². The normalized spacial score (nSPS) is 10.5. The van der Waals surface area contributed by atoms with E-state index < -0.39 is 11.7 Å². The Morgan fingerprint density at radius 3 is 2.95 bits per heavy atom. The highest BCUT2D eigenvalue weighted by molar-refractivity contribution is 5.94. The summed E-state index contributed by atoms with van der Waals surface area (Å²) in [5.74, 6) is -0.288. The molecule has 0 spiro atoms. The number of aromatic nitrogens is 3. The van der Waals surface area contributed by atoms with Gasteiger partial charge in [0.15, 0.2) is 5.82 Å². The molecular formula is C13H15FN4O. The number of hydrogen-bond donors (Lipinski definition) is 1. The fourth-order valence-corrected chi connectivity index (χ4v) is 1.69. The van der Waals surface area contributed by atoms with Crippen LogP contribution >= 0.6 is 0 Å². The quantitative estimate of drug-likeness (QED) is 0.901. The smallest absolute Gasteiger partial charge is 0.254 e. The lowest BCUT2D eigenvalue weighted by Gasteiger charge is -2.05. The molecule has 0 unspecified atom stereocenters. The largest absolute Gasteiger partial charge is 0.351 e. The fraction of sp³-hybridized carbons (Fsp3) is 0.308. The minimum atomic E-state index is -0.515. The van der Waals surface area contributed by atoms with Gasteiger partial charge in [0, 0.05) is 20.0 Å². The van der Waals surface area contributed by atoms with Crippen LogP contribution in [0, 0.1) is 12.7 Å². The van der Waals surface area contributed by atoms with Gasteiger partial charge in [-0.15, -0.1) is 0 Å². The lowest BCUT2D eigenvalue weighted by molar-refractivity contribution is 0.0950. The molecule has 1 amide bonds. The molecule has 0 aliphatic heterocycles. The Morgan fingerprint density at radius 1 is 1.47 bits per heavy atom. The van der Waals surface area contributed by atoms with Gasteiger partial charge in [-0.05, 0) is 19.1 Å². The number of halogens is 1. The van der Waals surface area contributed by atoms with Crippen LogP contribution in [-0.2, 0) is 13.5 Å². The van der Waals surface area contributed by atoms with Gasteiger partial charge in [-0.2, -0.15) is 5.10 Å². The number of rotatable bonds is 4. The van der Waals surface area contributed by atoms with Crippen molar-refractivity contribution in [1.82, 2.24) is 20.1 Å². The molecule has 0 bridgehead atoms. The molecule has 1 aromatic carbocycles. The molecular weight excluding hydrogens is 247 g/mol. The number of benzene rings is 1. The van der Waals surface area contributed by atoms with Crippen molar-refractivity contribution in [3.63, 3.8) is 0 Å². The maximum Gasteiger partial charge on any atom is 0.254 e. The van der Waals surface area contributed by atoms with Crippen LogP contribution in [0.4, 0.5) is 4.39 Å². The van der Waals surface area contributed by atoms with E-state index in [0.29, 0.717) is 18.8 Å². The number of amides is 1. The number of aryl methyl sites for hydroxylation is 2. The zero-order valence-corrected chi connectivity index (χ0v) is 10.9. The monoisotopic (exact) mass is 262 g/mol. The van der Waals surface area contributed by atoms with Crippen molar-refractivity contribution in [3.05, 3.63) is 47.3 Å². The summed E-state index contributed by atoms with van der Waals surface area (Å²) in [6.45, 7) is 2.18. The van der Waals surface area contributed by atoms with Crippen LogP contribution in [0.15, 0.2) is 24.5 Å². The van der Waals surface area contributed by atoms with E-state index >= 15 is 0 Å². The van der Waals surface area contributed by atoms with Crippen molar-refractivity contribution >= 4 is 5.91 Å². The van der Waals surface area contributed by atoms with E-state index in [1.807, 2.05) is 6.92 Å². The van der Waals surface area contributed by atoms with Crippen LogP contribution in [-0.4, -0.2) is 27.2 Å². The van der Waals surface area contributed by atoms with E-state index in [-0.39, 0.29) is 5.56 Å². The van der Waals surface area contributed by atoms with E-state index in [2.05, 4.69) is 15.4 Å². The van der Waals surface area contributed by atoms with E-state index in [4.69, 9.17) is 0 Å². The molecule has 6 heteroatoms. The highest BCUT2D eigenvalue weighted by atomic mass is 19.1. The first-order valence-electron chi connectivity index (χ1n) is 5.95. The molecule has 0 saturated heterocycles. The van der Waals surface area contributed by atoms with Crippen LogP contribution in [0.3, 0.4) is 0 Å². The predicted octanol–water partition coefficient (Wildman–Crippen LogP) is 1.24. The van der Waals surface area contributed by atoms with Gasteiger partial charge >= 0.3 is 0 Å². The number of nitrogens with zero attached hydrogens (tertiary/aromatic N) is 3. The maximum absolute atomic E-state index is 13.5. The van der Waals surface area contributed by atoms with Gasteiger partial charge in [0.1, 0.15) is 12.1 Å². The minimum Gasteiger partial charge on any atom is -0.351 e. The van der Waals surface area contributed by atoms with Gasteiger partial charge in [0.25, 0.3) is 5.91 Å². The third kappa shape index (κ3) is 3.37. The first kappa shape index (κ1) is 13.2. The van der Waals surface area contributed by atoms with Gasteiger partial charge < -0.3 is 5.32 Å². The fourth-order valence-electron chi connectivity index (χ4n) is 1.69. The van der Waals surface area contributed by atoms with E-state index in [1.165, 1.54) is 12.1 Å². The van der Waals surface area contributed by atoms with Gasteiger partial charge in [-0.1, -0.05) is 11.6 Å².